The number of thiophene rings is 1. The van der Waals surface area contributed by atoms with E-state index in [4.69, 9.17) is 4.74 Å². The average Bonchev–Trinajstić information content (AvgIpc) is 3.36. The van der Waals surface area contributed by atoms with Gasteiger partial charge in [-0.2, -0.15) is 5.26 Å². The van der Waals surface area contributed by atoms with Gasteiger partial charge >= 0.3 is 5.97 Å². The predicted octanol–water partition coefficient (Wildman–Crippen LogP) is 4.14. The van der Waals surface area contributed by atoms with Crippen LogP contribution in [0.4, 0.5) is 0 Å². The molecule has 0 saturated heterocycles. The number of aryl methyl sites for hydroxylation is 2. The number of ether oxygens (including phenoxy) is 1. The van der Waals surface area contributed by atoms with Gasteiger partial charge in [-0.1, -0.05) is 12.1 Å². The van der Waals surface area contributed by atoms with Gasteiger partial charge in [0.15, 0.2) is 11.6 Å². The van der Waals surface area contributed by atoms with Crippen molar-refractivity contribution in [2.24, 2.45) is 0 Å². The number of aliphatic hydroxyl groups excluding tert-OH is 1. The Morgan fingerprint density at radius 3 is 2.79 bits per heavy atom. The summed E-state index contributed by atoms with van der Waals surface area (Å²) in [5.41, 5.74) is 2.01. The molecule has 0 aliphatic carbocycles. The standard InChI is InChI=1S/C23H21N5O4S2/c1-11-12(2)34-22-19(11)21(30)27-18(28-22)10-33-13(3)23(31)32-9-17(29)14(8-24)20-25-15-6-4-5-7-16(15)26-20/h4-7,13,29H,9-10H2,1-3H3,(H,25,26)(H,27,28,30)/b17-14-/t13-/m1/s1. The topological polar surface area (TPSA) is 145 Å². The van der Waals surface area contributed by atoms with Crippen LogP contribution in [0.15, 0.2) is 34.8 Å². The Morgan fingerprint density at radius 1 is 1.29 bits per heavy atom. The van der Waals surface area contributed by atoms with Crippen LogP contribution in [-0.2, 0) is 15.3 Å². The van der Waals surface area contributed by atoms with Crippen LogP contribution in [0.2, 0.25) is 0 Å². The van der Waals surface area contributed by atoms with Gasteiger partial charge < -0.3 is 19.8 Å². The number of nitrogens with one attached hydrogen (secondary N) is 2. The molecule has 34 heavy (non-hydrogen) atoms. The fraction of sp³-hybridized carbons (Fsp3) is 0.261. The number of hydrogen-bond donors (Lipinski definition) is 3. The van der Waals surface area contributed by atoms with Crippen molar-refractivity contribution in [3.8, 4) is 6.07 Å². The molecule has 4 rings (SSSR count). The summed E-state index contributed by atoms with van der Waals surface area (Å²) in [5.74, 6) is 0.0189. The Morgan fingerprint density at radius 2 is 2.06 bits per heavy atom. The number of rotatable bonds is 7. The van der Waals surface area contributed by atoms with Gasteiger partial charge in [-0.05, 0) is 38.5 Å². The van der Waals surface area contributed by atoms with Gasteiger partial charge in [0.05, 0.1) is 22.2 Å². The molecule has 3 N–H and O–H groups in total. The van der Waals surface area contributed by atoms with E-state index in [1.165, 1.54) is 23.1 Å². The fourth-order valence-electron chi connectivity index (χ4n) is 3.29. The van der Waals surface area contributed by atoms with Crippen molar-refractivity contribution in [1.29, 1.82) is 5.26 Å². The molecule has 1 atom stereocenters. The van der Waals surface area contributed by atoms with Crippen molar-refractivity contribution in [3.63, 3.8) is 0 Å². The Bertz CT molecular complexity index is 1490. The van der Waals surface area contributed by atoms with Crippen LogP contribution in [0.3, 0.4) is 0 Å². The molecule has 4 aromatic rings. The molecule has 1 aromatic carbocycles. The first-order chi connectivity index (χ1) is 16.3. The number of benzene rings is 1. The molecule has 0 amide bonds. The molecule has 11 heteroatoms. The summed E-state index contributed by atoms with van der Waals surface area (Å²) in [6.07, 6.45) is 0. The fourth-order valence-corrected chi connectivity index (χ4v) is 5.09. The van der Waals surface area contributed by atoms with E-state index in [1.54, 1.807) is 19.1 Å². The minimum atomic E-state index is -0.586. The highest BCUT2D eigenvalue weighted by atomic mass is 32.2. The number of allylic oxidation sites excluding steroid dienone is 1. The van der Waals surface area contributed by atoms with Crippen molar-refractivity contribution in [2.45, 2.75) is 31.8 Å². The molecule has 0 fully saturated rings. The summed E-state index contributed by atoms with van der Waals surface area (Å²) in [6.45, 7) is 5.05. The zero-order valence-corrected chi connectivity index (χ0v) is 20.3. The molecular weight excluding hydrogens is 474 g/mol. The monoisotopic (exact) mass is 495 g/mol. The molecule has 0 spiro atoms. The third kappa shape index (κ3) is 4.69. The lowest BCUT2D eigenvalue weighted by atomic mass is 10.2. The number of aromatic amines is 2. The molecule has 0 saturated carbocycles. The van der Waals surface area contributed by atoms with Gasteiger partial charge in [0.2, 0.25) is 0 Å². The third-order valence-electron chi connectivity index (χ3n) is 5.27. The number of para-hydroxylation sites is 2. The zero-order valence-electron chi connectivity index (χ0n) is 18.6. The first-order valence-electron chi connectivity index (χ1n) is 10.3. The van der Waals surface area contributed by atoms with E-state index in [-0.39, 0.29) is 17.0 Å². The van der Waals surface area contributed by atoms with Gasteiger partial charge in [-0.25, -0.2) is 9.97 Å². The van der Waals surface area contributed by atoms with Gasteiger partial charge in [0, 0.05) is 4.88 Å². The molecule has 3 aromatic heterocycles. The number of fused-ring (bicyclic) bond motifs is 2. The number of aromatic nitrogens is 4. The van der Waals surface area contributed by atoms with Crippen LogP contribution in [-0.4, -0.2) is 42.9 Å². The molecule has 9 nitrogen and oxygen atoms in total. The number of thioether (sulfide) groups is 1. The van der Waals surface area contributed by atoms with E-state index in [0.29, 0.717) is 27.3 Å². The predicted molar refractivity (Wildman–Crippen MR) is 133 cm³/mol. The van der Waals surface area contributed by atoms with Crippen LogP contribution in [0.5, 0.6) is 0 Å². The number of aliphatic hydroxyl groups is 1. The third-order valence-corrected chi connectivity index (χ3v) is 7.50. The van der Waals surface area contributed by atoms with E-state index in [9.17, 15) is 20.0 Å². The molecule has 174 valence electrons. The van der Waals surface area contributed by atoms with Crippen LogP contribution in [0, 0.1) is 25.2 Å². The van der Waals surface area contributed by atoms with Crippen LogP contribution in [0.25, 0.3) is 26.8 Å². The summed E-state index contributed by atoms with van der Waals surface area (Å²) in [4.78, 5) is 41.1. The Labute approximate surface area is 202 Å². The Hall–Kier alpha value is -3.62. The van der Waals surface area contributed by atoms with E-state index in [1.807, 2.05) is 32.0 Å². The smallest absolute Gasteiger partial charge is 0.319 e. The Balaban J connectivity index is 1.39. The van der Waals surface area contributed by atoms with Gasteiger partial charge in [0.1, 0.15) is 34.2 Å². The highest BCUT2D eigenvalue weighted by Gasteiger charge is 2.20. The normalized spacial score (nSPS) is 13.0. The highest BCUT2D eigenvalue weighted by molar-refractivity contribution is 7.99. The molecule has 3 heterocycles. The Kier molecular flexibility index (Phi) is 6.72. The lowest BCUT2D eigenvalue weighted by Crippen LogP contribution is -2.19. The van der Waals surface area contributed by atoms with Gasteiger partial charge in [-0.3, -0.25) is 9.59 Å². The molecule has 0 bridgehead atoms. The lowest BCUT2D eigenvalue weighted by molar-refractivity contribution is -0.142. The van der Waals surface area contributed by atoms with Crippen molar-refractivity contribution in [2.75, 3.05) is 6.61 Å². The maximum Gasteiger partial charge on any atom is 0.319 e. The quantitative estimate of drug-likeness (QED) is 0.197. The largest absolute Gasteiger partial charge is 0.507 e. The average molecular weight is 496 g/mol. The summed E-state index contributed by atoms with van der Waals surface area (Å²) < 4.78 is 5.19. The van der Waals surface area contributed by atoms with E-state index < -0.39 is 23.6 Å². The first kappa shape index (κ1) is 23.5. The molecule has 0 unspecified atom stereocenters. The molecular formula is C23H21N5O4S2. The summed E-state index contributed by atoms with van der Waals surface area (Å²) in [5, 5.41) is 19.8. The van der Waals surface area contributed by atoms with Crippen molar-refractivity contribution in [1.82, 2.24) is 19.9 Å². The number of carbonyl (C=O) groups excluding carboxylic acids is 1. The second kappa shape index (κ2) is 9.70. The maximum atomic E-state index is 12.4. The number of nitriles is 1. The van der Waals surface area contributed by atoms with Crippen molar-refractivity contribution in [3.05, 3.63) is 62.5 Å². The second-order valence-corrected chi connectivity index (χ2v) is 10.1. The number of esters is 1. The number of H-pyrrole nitrogens is 2. The van der Waals surface area contributed by atoms with E-state index in [0.717, 1.165) is 16.0 Å². The van der Waals surface area contributed by atoms with E-state index >= 15 is 0 Å². The van der Waals surface area contributed by atoms with Crippen LogP contribution < -0.4 is 5.56 Å². The van der Waals surface area contributed by atoms with Crippen LogP contribution in [0.1, 0.15) is 29.0 Å². The van der Waals surface area contributed by atoms with Crippen molar-refractivity contribution < 1.29 is 14.6 Å². The van der Waals surface area contributed by atoms with E-state index in [2.05, 4.69) is 19.9 Å². The number of carbonyl (C=O) groups is 1. The maximum absolute atomic E-state index is 12.4. The molecule has 0 aliphatic rings. The first-order valence-corrected chi connectivity index (χ1v) is 12.2. The van der Waals surface area contributed by atoms with Gasteiger partial charge in [-0.15, -0.1) is 23.1 Å². The lowest BCUT2D eigenvalue weighted by Gasteiger charge is -2.11. The minimum Gasteiger partial charge on any atom is -0.507 e. The van der Waals surface area contributed by atoms with Crippen molar-refractivity contribution >= 4 is 55.9 Å². The van der Waals surface area contributed by atoms with Crippen LogP contribution >= 0.6 is 23.1 Å². The number of imidazole rings is 1. The highest BCUT2D eigenvalue weighted by Crippen LogP contribution is 2.27. The number of hydrogen-bond acceptors (Lipinski definition) is 9. The number of nitrogens with zero attached hydrogens (tertiary/aromatic N) is 3. The molecule has 0 radical (unpaired) electrons. The molecule has 0 aliphatic heterocycles. The zero-order chi connectivity index (χ0) is 24.4. The summed E-state index contributed by atoms with van der Waals surface area (Å²) in [7, 11) is 0. The SMILES string of the molecule is Cc1sc2nc(CS[C@H](C)C(=O)OC/C(O)=C(\C#N)c3nc4ccccc4[nH]3)[nH]c(=O)c2c1C. The summed E-state index contributed by atoms with van der Waals surface area (Å²) in [6, 6.07) is 9.12. The second-order valence-electron chi connectivity index (χ2n) is 7.57. The van der Waals surface area contributed by atoms with Gasteiger partial charge in [0.25, 0.3) is 5.56 Å². The summed E-state index contributed by atoms with van der Waals surface area (Å²) >= 11 is 2.71. The minimum absolute atomic E-state index is 0.0964.